The van der Waals surface area contributed by atoms with Crippen molar-refractivity contribution >= 4 is 56.3 Å². The third-order valence-electron chi connectivity index (χ3n) is 22.9. The zero-order valence-corrected chi connectivity index (χ0v) is 67.3. The molecule has 0 bridgehead atoms. The van der Waals surface area contributed by atoms with Crippen LogP contribution in [0.15, 0.2) is 36.4 Å². The Bertz CT molecular complexity index is 2300. The van der Waals surface area contributed by atoms with Crippen LogP contribution in [-0.4, -0.2) is 98.7 Å². The summed E-state index contributed by atoms with van der Waals surface area (Å²) >= 11 is 0. The number of hydrogen-bond acceptors (Lipinski definition) is 7. The van der Waals surface area contributed by atoms with Crippen LogP contribution in [0, 0.1) is 35.5 Å². The largest absolute Gasteiger partial charge is 2.00 e. The van der Waals surface area contributed by atoms with Crippen LogP contribution in [0.25, 0.3) is 0 Å². The van der Waals surface area contributed by atoms with Gasteiger partial charge in [-0.15, -0.1) is 0 Å². The number of hydrogen-bond donors (Lipinski definition) is 1. The molecule has 7 nitrogen and oxygen atoms in total. The summed E-state index contributed by atoms with van der Waals surface area (Å²) in [6.45, 7) is 52.8. The average molecular weight is 1410 g/mol. The molecule has 86 heavy (non-hydrogen) atoms. The van der Waals surface area contributed by atoms with E-state index >= 15 is 0 Å². The summed E-state index contributed by atoms with van der Waals surface area (Å²) < 4.78 is 41.2. The molecule has 2 aromatic rings. The van der Waals surface area contributed by atoms with Gasteiger partial charge in [-0.1, -0.05) is 167 Å². The summed E-state index contributed by atoms with van der Waals surface area (Å²) in [4.78, 5) is 0. The van der Waals surface area contributed by atoms with E-state index in [1.807, 2.05) is 0 Å². The van der Waals surface area contributed by atoms with Crippen molar-refractivity contribution in [3.8, 4) is 11.5 Å². The van der Waals surface area contributed by atoms with Gasteiger partial charge in [-0.2, -0.15) is 0 Å². The molecule has 0 aromatic heterocycles. The molecule has 0 radical (unpaired) electrons. The van der Waals surface area contributed by atoms with Crippen molar-refractivity contribution in [2.45, 2.75) is 342 Å². The first-order chi connectivity index (χ1) is 38.0. The van der Waals surface area contributed by atoms with E-state index in [2.05, 4.69) is 186 Å². The van der Waals surface area contributed by atoms with Crippen LogP contribution >= 0.6 is 0 Å². The first-order valence-corrected chi connectivity index (χ1v) is 45.5. The molecule has 14 heteroatoms. The number of aliphatic hydroxyl groups is 1. The minimum Gasteiger partial charge on any atom is -1.00 e. The van der Waals surface area contributed by atoms with Crippen LogP contribution in [0.2, 0.25) is 72.5 Å². The van der Waals surface area contributed by atoms with Gasteiger partial charge in [0.05, 0.1) is 12.2 Å². The van der Waals surface area contributed by atoms with Crippen molar-refractivity contribution in [1.29, 1.82) is 0 Å². The Kier molecular flexibility index (Phi) is 32.8. The molecule has 2 saturated carbocycles. The molecule has 1 saturated heterocycles. The predicted octanol–water partition coefficient (Wildman–Crippen LogP) is 14.9. The summed E-state index contributed by atoms with van der Waals surface area (Å²) in [7, 11) is -7.61. The smallest absolute Gasteiger partial charge is 1.00 e. The van der Waals surface area contributed by atoms with Crippen LogP contribution in [0.4, 0.5) is 0 Å². The van der Waals surface area contributed by atoms with Gasteiger partial charge >= 0.3 is 23.1 Å². The van der Waals surface area contributed by atoms with E-state index in [-0.39, 0.29) is 103 Å². The fourth-order valence-corrected chi connectivity index (χ4v) is 18.3. The van der Waals surface area contributed by atoms with Crippen molar-refractivity contribution in [1.82, 2.24) is 0 Å². The monoisotopic (exact) mass is 1400 g/mol. The topological polar surface area (TPSA) is 75.6 Å². The zero-order valence-electron chi connectivity index (χ0n) is 58.7. The third kappa shape index (κ3) is 21.7. The molecule has 4 aliphatic carbocycles. The van der Waals surface area contributed by atoms with E-state index in [1.165, 1.54) is 80.0 Å². The molecule has 7 rings (SSSR count). The molecule has 3 fully saturated rings. The van der Waals surface area contributed by atoms with Gasteiger partial charge in [0.2, 0.25) is 16.6 Å². The Morgan fingerprint density at radius 2 is 0.942 bits per heavy atom. The van der Waals surface area contributed by atoms with E-state index in [0.29, 0.717) is 47.7 Å². The van der Waals surface area contributed by atoms with Crippen molar-refractivity contribution in [3.63, 3.8) is 0 Å². The number of ether oxygens (including phenoxy) is 2. The van der Waals surface area contributed by atoms with Gasteiger partial charge in [0, 0.05) is 18.8 Å². The Hall–Kier alpha value is 0.434. The fraction of sp³-hybridized carbons (Fsp3) is 0.833. The van der Waals surface area contributed by atoms with E-state index in [4.69, 9.17) is 27.2 Å². The molecular weight excluding hydrogens is 1270 g/mol. The van der Waals surface area contributed by atoms with E-state index in [0.717, 1.165) is 95.2 Å². The summed E-state index contributed by atoms with van der Waals surface area (Å²) in [6, 6.07) is 13.7. The van der Waals surface area contributed by atoms with Gasteiger partial charge in [0.15, 0.2) is 22.9 Å². The minimum atomic E-state index is -1.92. The van der Waals surface area contributed by atoms with Crippen molar-refractivity contribution in [2.24, 2.45) is 35.5 Å². The predicted molar refractivity (Wildman–Crippen MR) is 371 cm³/mol. The van der Waals surface area contributed by atoms with Gasteiger partial charge in [-0.25, -0.2) is 0 Å². The number of rotatable bonds is 24. The summed E-state index contributed by atoms with van der Waals surface area (Å²) in [5.41, 5.74) is 5.96. The number of aliphatic hydroxyl groups excluding tert-OH is 1. The summed E-state index contributed by atoms with van der Waals surface area (Å²) in [5, 5.41) is 11.6. The second kappa shape index (κ2) is 34.2. The Labute approximate surface area is 572 Å². The van der Waals surface area contributed by atoms with Gasteiger partial charge in [0.1, 0.15) is 11.5 Å². The zero-order chi connectivity index (χ0) is 60.9. The number of halogens is 2. The van der Waals surface area contributed by atoms with Crippen LogP contribution in [-0.2, 0) is 44.0 Å². The maximum Gasteiger partial charge on any atom is 2.00 e. The van der Waals surface area contributed by atoms with Gasteiger partial charge in [0.25, 0.3) is 0 Å². The molecule has 1 aliphatic heterocycles. The van der Waals surface area contributed by atoms with Crippen LogP contribution in [0.3, 0.4) is 0 Å². The fourth-order valence-electron chi connectivity index (χ4n) is 13.5. The number of fused-ring (bicyclic) bond motifs is 4. The summed E-state index contributed by atoms with van der Waals surface area (Å²) in [6.07, 6.45) is 24.8. The number of benzene rings is 2. The van der Waals surface area contributed by atoms with E-state index < -0.39 is 33.3 Å². The van der Waals surface area contributed by atoms with Crippen LogP contribution < -0.4 is 42.8 Å². The molecule has 11 atom stereocenters. The first-order valence-electron chi connectivity index (χ1n) is 33.9. The van der Waals surface area contributed by atoms with Crippen molar-refractivity contribution in [2.75, 3.05) is 6.61 Å². The molecule has 1 unspecified atom stereocenters. The van der Waals surface area contributed by atoms with Crippen LogP contribution in [0.1, 0.15) is 236 Å². The maximum absolute atomic E-state index is 10.8. The Morgan fingerprint density at radius 3 is 1.33 bits per heavy atom. The molecule has 2 aromatic carbocycles. The maximum atomic E-state index is 10.8. The summed E-state index contributed by atoms with van der Waals surface area (Å²) in [5.74, 6) is 6.03. The third-order valence-corrected chi connectivity index (χ3v) is 40.6. The molecular formula is C72H132Br2MgO7Si4. The Balaban J connectivity index is 0.000000566. The van der Waals surface area contributed by atoms with Gasteiger partial charge in [-0.3, -0.25) is 0 Å². The number of unbranched alkanes of at least 4 members (excludes halogenated alkanes) is 4. The molecule has 494 valence electrons. The normalized spacial score (nSPS) is 25.0. The molecule has 1 N–H and O–H groups in total. The van der Waals surface area contributed by atoms with E-state index in [1.54, 1.807) is 0 Å². The van der Waals surface area contributed by atoms with Crippen LogP contribution in [0.5, 0.6) is 11.5 Å². The van der Waals surface area contributed by atoms with Crippen molar-refractivity contribution in [3.05, 3.63) is 58.7 Å². The van der Waals surface area contributed by atoms with Gasteiger partial charge in [-0.05, 0) is 239 Å². The first kappa shape index (κ1) is 82.5. The van der Waals surface area contributed by atoms with E-state index in [9.17, 15) is 5.11 Å². The molecule has 0 spiro atoms. The molecule has 5 aliphatic rings. The second-order valence-electron chi connectivity index (χ2n) is 33.2. The SMILES string of the molecule is C.CCCCC[C@@H](CC[C@@H]1[C@H]2Cc3cccc(O[Si](C)(C)C(C)(C)C)c3C[C@H]2C[C@H]1O[Si](C)(C)C(C)(C)C)OC1CCCCO1.CCCCC[C@H](O)CC[C@@H]1[C@H]2Cc3cccc(O[Si](C)(C)C(C)(C)C)c3C[C@H]2C[C@H]1O[Si](C)(C)C(C)(C)C.[Br-].[Br-].[Mg+2]. The average Bonchev–Trinajstić information content (AvgIpc) is 1.59. The second-order valence-corrected chi connectivity index (χ2v) is 52.1. The van der Waals surface area contributed by atoms with Crippen molar-refractivity contribution < 1.29 is 66.2 Å². The molecule has 1 heterocycles. The minimum absolute atomic E-state index is 0. The van der Waals surface area contributed by atoms with Gasteiger partial charge < -0.3 is 66.2 Å². The Morgan fingerprint density at radius 1 is 0.535 bits per heavy atom. The molecule has 0 amide bonds. The quantitative estimate of drug-likeness (QED) is 0.0829. The standard InChI is InChI=1S/C38H68O4Si2.C33H60O3Si2.CH4.2BrH.Mg/c1-12-13-14-19-30(40-36-21-15-16-24-39-36)22-23-31-32-25-28-18-17-20-34(41-43(8,9)37(2,3)4)33(28)26-29(32)27-35(31)42-44(10,11)38(5,6)7;1-12-13-14-17-26(34)19-20-27-28-21-24-16-15-18-30(35-37(8,9)32(2,3)4)29(24)22-25(28)23-31(27)36-38(10,11)33(5,6)7;;;;/h17-18,20,29-32,35-36H,12-16,19,21-27H2,1-11H3;15-16,18,25-28,31,34H,12-14,17,19-23H2,1-11H3;1H4;2*1H;/q;;;;;+2/p-2/t29-,30-,31+,32-,35+,36?;25-,26-,27+,28-,31+;;;;/m00..../s1.